The fourth-order valence-corrected chi connectivity index (χ4v) is 6.13. The van der Waals surface area contributed by atoms with E-state index in [2.05, 4.69) is 40.7 Å². The van der Waals surface area contributed by atoms with E-state index in [9.17, 15) is 10.2 Å². The number of ether oxygens (including phenoxy) is 1. The molecule has 3 aliphatic carbocycles. The molecule has 3 heteroatoms. The predicted molar refractivity (Wildman–Crippen MR) is 89.9 cm³/mol. The average Bonchev–Trinajstić information content (AvgIpc) is 3.05. The van der Waals surface area contributed by atoms with E-state index < -0.39 is 0 Å². The molecule has 8 atom stereocenters. The lowest BCUT2D eigenvalue weighted by atomic mass is 9.50. The van der Waals surface area contributed by atoms with Crippen molar-refractivity contribution in [2.24, 2.45) is 28.6 Å². The summed E-state index contributed by atoms with van der Waals surface area (Å²) in [7, 11) is 0. The largest absolute Gasteiger partial charge is 0.390 e. The Balaban J connectivity index is 1.76. The lowest BCUT2D eigenvalue weighted by Gasteiger charge is -2.54. The van der Waals surface area contributed by atoms with E-state index in [0.717, 1.165) is 25.7 Å². The summed E-state index contributed by atoms with van der Waals surface area (Å²) in [5.74, 6) is 1.39. The molecule has 2 saturated carbocycles. The van der Waals surface area contributed by atoms with Gasteiger partial charge in [-0.2, -0.15) is 0 Å². The Kier molecular flexibility index (Phi) is 3.23. The number of fused-ring (bicyclic) bond motifs is 4. The monoisotopic (exact) mass is 320 g/mol. The number of aliphatic hydroxyl groups is 2. The molecule has 4 aliphatic rings. The number of rotatable bonds is 1. The first-order valence-electron chi connectivity index (χ1n) is 9.37. The van der Waals surface area contributed by atoms with Crippen LogP contribution in [0.4, 0.5) is 0 Å². The number of aliphatic hydroxyl groups excluding tert-OH is 2. The van der Waals surface area contributed by atoms with Crippen molar-refractivity contribution in [2.75, 3.05) is 0 Å². The molecule has 0 spiro atoms. The minimum atomic E-state index is -0.357. The zero-order valence-corrected chi connectivity index (χ0v) is 15.2. The summed E-state index contributed by atoms with van der Waals surface area (Å²) < 4.78 is 5.92. The predicted octanol–water partition coefficient (Wildman–Crippen LogP) is 3.29. The van der Waals surface area contributed by atoms with Crippen molar-refractivity contribution in [1.29, 1.82) is 0 Å². The summed E-state index contributed by atoms with van der Waals surface area (Å²) >= 11 is 0. The maximum atomic E-state index is 10.8. The van der Waals surface area contributed by atoms with E-state index in [0.29, 0.717) is 17.8 Å². The standard InChI is InChI=1S/C20H32O3/c1-11(2)12-8-14(21)19(4)7-6-18(3)10-15(22)20(5)16(23-20)9-13(18)17(12)19/h8,11,13-17,21-22H,6-7,9-10H2,1-5H3/t13-,14+,15-,16-,17-,18+,19-,20+/m1/s1. The maximum Gasteiger partial charge on any atom is 0.118 e. The minimum Gasteiger partial charge on any atom is -0.390 e. The first-order chi connectivity index (χ1) is 10.6. The molecule has 0 aromatic carbocycles. The summed E-state index contributed by atoms with van der Waals surface area (Å²) in [5, 5.41) is 21.5. The van der Waals surface area contributed by atoms with Crippen molar-refractivity contribution in [3.8, 4) is 0 Å². The van der Waals surface area contributed by atoms with E-state index in [1.54, 1.807) is 0 Å². The third-order valence-corrected chi connectivity index (χ3v) is 8.06. The van der Waals surface area contributed by atoms with Gasteiger partial charge in [0.1, 0.15) is 5.60 Å². The van der Waals surface area contributed by atoms with Gasteiger partial charge < -0.3 is 14.9 Å². The van der Waals surface area contributed by atoms with Crippen molar-refractivity contribution in [3.05, 3.63) is 11.6 Å². The van der Waals surface area contributed by atoms with E-state index in [1.807, 2.05) is 0 Å². The van der Waals surface area contributed by atoms with Crippen LogP contribution in [0, 0.1) is 28.6 Å². The molecular weight excluding hydrogens is 288 g/mol. The van der Waals surface area contributed by atoms with Crippen molar-refractivity contribution in [1.82, 2.24) is 0 Å². The maximum absolute atomic E-state index is 10.8. The molecule has 1 aliphatic heterocycles. The van der Waals surface area contributed by atoms with Crippen LogP contribution in [0.15, 0.2) is 11.6 Å². The Hall–Kier alpha value is -0.380. The number of hydrogen-bond acceptors (Lipinski definition) is 3. The van der Waals surface area contributed by atoms with Crippen molar-refractivity contribution >= 4 is 0 Å². The smallest absolute Gasteiger partial charge is 0.118 e. The van der Waals surface area contributed by atoms with Gasteiger partial charge in [0, 0.05) is 5.41 Å². The van der Waals surface area contributed by atoms with Gasteiger partial charge >= 0.3 is 0 Å². The molecule has 1 saturated heterocycles. The Morgan fingerprint density at radius 3 is 2.52 bits per heavy atom. The minimum absolute atomic E-state index is 0.0373. The summed E-state index contributed by atoms with van der Waals surface area (Å²) in [6.07, 6.45) is 5.67. The highest BCUT2D eigenvalue weighted by atomic mass is 16.6. The molecular formula is C20H32O3. The van der Waals surface area contributed by atoms with E-state index in [4.69, 9.17) is 4.74 Å². The van der Waals surface area contributed by atoms with Gasteiger partial charge in [-0.3, -0.25) is 0 Å². The van der Waals surface area contributed by atoms with Crippen LogP contribution in [-0.4, -0.2) is 34.1 Å². The highest BCUT2D eigenvalue weighted by molar-refractivity contribution is 5.30. The summed E-state index contributed by atoms with van der Waals surface area (Å²) in [6, 6.07) is 0. The molecule has 0 bridgehead atoms. The lowest BCUT2D eigenvalue weighted by molar-refractivity contribution is -0.0853. The fourth-order valence-electron chi connectivity index (χ4n) is 6.13. The highest BCUT2D eigenvalue weighted by Crippen LogP contribution is 2.66. The van der Waals surface area contributed by atoms with Gasteiger partial charge in [0.2, 0.25) is 0 Å². The Morgan fingerprint density at radius 2 is 1.87 bits per heavy atom. The molecule has 4 rings (SSSR count). The summed E-state index contributed by atoms with van der Waals surface area (Å²) in [4.78, 5) is 0. The normalized spacial score (nSPS) is 58.1. The Bertz CT molecular complexity index is 555. The lowest BCUT2D eigenvalue weighted by Crippen LogP contribution is -2.50. The summed E-state index contributed by atoms with van der Waals surface area (Å²) in [6.45, 7) is 11.2. The van der Waals surface area contributed by atoms with E-state index in [1.165, 1.54) is 5.57 Å². The SMILES string of the molecule is CC(C)C1=C[C@H](O)[C@@]2(C)CC[C@@]3(C)C[C@@H](O)[C@]4(C)O[C@@H]4C[C@@H]3[C@@H]12. The van der Waals surface area contributed by atoms with E-state index in [-0.39, 0.29) is 34.7 Å². The van der Waals surface area contributed by atoms with Crippen LogP contribution in [0.3, 0.4) is 0 Å². The van der Waals surface area contributed by atoms with Gasteiger partial charge in [0.15, 0.2) is 0 Å². The molecule has 23 heavy (non-hydrogen) atoms. The topological polar surface area (TPSA) is 53.0 Å². The second kappa shape index (κ2) is 4.62. The fraction of sp³-hybridized carbons (Fsp3) is 0.900. The van der Waals surface area contributed by atoms with Crippen LogP contribution in [0.2, 0.25) is 0 Å². The van der Waals surface area contributed by atoms with Crippen molar-refractivity contribution in [2.45, 2.75) is 84.2 Å². The number of hydrogen-bond donors (Lipinski definition) is 2. The zero-order chi connectivity index (χ0) is 16.8. The molecule has 130 valence electrons. The second-order valence-electron chi connectivity index (χ2n) is 9.76. The van der Waals surface area contributed by atoms with Gasteiger partial charge in [0.25, 0.3) is 0 Å². The van der Waals surface area contributed by atoms with Crippen LogP contribution in [0.1, 0.15) is 60.3 Å². The Morgan fingerprint density at radius 1 is 1.17 bits per heavy atom. The zero-order valence-electron chi connectivity index (χ0n) is 15.2. The molecule has 2 N–H and O–H groups in total. The molecule has 0 aromatic rings. The highest BCUT2D eigenvalue weighted by Gasteiger charge is 2.67. The summed E-state index contributed by atoms with van der Waals surface area (Å²) in [5.41, 5.74) is 1.23. The third kappa shape index (κ3) is 1.99. The van der Waals surface area contributed by atoms with E-state index >= 15 is 0 Å². The third-order valence-electron chi connectivity index (χ3n) is 8.06. The molecule has 0 aromatic heterocycles. The number of allylic oxidation sites excluding steroid dienone is 1. The average molecular weight is 320 g/mol. The quantitative estimate of drug-likeness (QED) is 0.576. The molecule has 3 fully saturated rings. The van der Waals surface area contributed by atoms with Gasteiger partial charge in [0.05, 0.1) is 18.3 Å². The van der Waals surface area contributed by atoms with Gasteiger partial charge in [-0.25, -0.2) is 0 Å². The van der Waals surface area contributed by atoms with Crippen LogP contribution in [0.5, 0.6) is 0 Å². The van der Waals surface area contributed by atoms with Gasteiger partial charge in [-0.1, -0.05) is 39.3 Å². The number of epoxide rings is 1. The van der Waals surface area contributed by atoms with Gasteiger partial charge in [-0.05, 0) is 55.8 Å². The molecule has 3 nitrogen and oxygen atoms in total. The first-order valence-corrected chi connectivity index (χ1v) is 9.37. The first kappa shape index (κ1) is 16.1. The second-order valence-corrected chi connectivity index (χ2v) is 9.76. The van der Waals surface area contributed by atoms with Crippen LogP contribution >= 0.6 is 0 Å². The van der Waals surface area contributed by atoms with Crippen LogP contribution in [0.25, 0.3) is 0 Å². The van der Waals surface area contributed by atoms with Crippen LogP contribution < -0.4 is 0 Å². The molecule has 0 radical (unpaired) electrons. The Labute approximate surface area is 140 Å². The molecule has 0 unspecified atom stereocenters. The molecule has 1 heterocycles. The van der Waals surface area contributed by atoms with Crippen molar-refractivity contribution < 1.29 is 14.9 Å². The van der Waals surface area contributed by atoms with Crippen LogP contribution in [-0.2, 0) is 4.74 Å². The molecule has 0 amide bonds. The van der Waals surface area contributed by atoms with Gasteiger partial charge in [-0.15, -0.1) is 0 Å². The van der Waals surface area contributed by atoms with Crippen molar-refractivity contribution in [3.63, 3.8) is 0 Å².